The van der Waals surface area contributed by atoms with Crippen molar-refractivity contribution in [2.75, 3.05) is 13.7 Å². The number of carbonyl (C=O) groups excluding carboxylic acids is 2. The fourth-order valence-corrected chi connectivity index (χ4v) is 4.12. The lowest BCUT2D eigenvalue weighted by atomic mass is 10.0. The molecule has 1 N–H and O–H groups in total. The number of benzene rings is 4. The second-order valence-corrected chi connectivity index (χ2v) is 9.07. The van der Waals surface area contributed by atoms with E-state index in [1.807, 2.05) is 84.9 Å². The van der Waals surface area contributed by atoms with Crippen LogP contribution in [0.4, 0.5) is 0 Å². The number of nitrogens with one attached hydrogen (secondary N) is 1. The molecule has 1 atom stereocenters. The van der Waals surface area contributed by atoms with Gasteiger partial charge < -0.3 is 19.7 Å². The van der Waals surface area contributed by atoms with Gasteiger partial charge in [0.15, 0.2) is 6.61 Å². The van der Waals surface area contributed by atoms with Crippen LogP contribution in [0.5, 0.6) is 11.5 Å². The van der Waals surface area contributed by atoms with E-state index in [0.29, 0.717) is 28.6 Å². The maximum absolute atomic E-state index is 13.7. The van der Waals surface area contributed by atoms with Crippen LogP contribution < -0.4 is 14.8 Å². The first-order valence-corrected chi connectivity index (χ1v) is 12.6. The topological polar surface area (TPSA) is 67.9 Å². The molecule has 0 aliphatic carbocycles. The minimum atomic E-state index is -0.877. The molecule has 194 valence electrons. The molecule has 38 heavy (non-hydrogen) atoms. The number of halogens is 1. The van der Waals surface area contributed by atoms with Gasteiger partial charge in [0.1, 0.15) is 17.5 Å². The summed E-state index contributed by atoms with van der Waals surface area (Å²) in [6, 6.07) is 32.2. The number of methoxy groups -OCH3 is 1. The van der Waals surface area contributed by atoms with Crippen molar-refractivity contribution in [3.63, 3.8) is 0 Å². The lowest BCUT2D eigenvalue weighted by Gasteiger charge is -2.31. The molecule has 0 saturated carbocycles. The molecule has 0 fully saturated rings. The summed E-state index contributed by atoms with van der Waals surface area (Å²) in [6.07, 6.45) is 0. The Morgan fingerprint density at radius 1 is 0.789 bits per heavy atom. The van der Waals surface area contributed by atoms with Crippen LogP contribution in [0.1, 0.15) is 22.7 Å². The van der Waals surface area contributed by atoms with Gasteiger partial charge in [-0.2, -0.15) is 0 Å². The first-order valence-electron chi connectivity index (χ1n) is 12.2. The first-order chi connectivity index (χ1) is 18.5. The van der Waals surface area contributed by atoms with Gasteiger partial charge in [-0.15, -0.1) is 0 Å². The summed E-state index contributed by atoms with van der Waals surface area (Å²) in [6.45, 7) is 0.285. The molecule has 0 heterocycles. The second kappa shape index (κ2) is 13.3. The van der Waals surface area contributed by atoms with E-state index in [1.54, 1.807) is 36.3 Å². The molecule has 4 rings (SSSR count). The zero-order chi connectivity index (χ0) is 26.7. The van der Waals surface area contributed by atoms with Gasteiger partial charge in [0.25, 0.3) is 5.91 Å². The molecular weight excluding hydrogens is 500 g/mol. The minimum Gasteiger partial charge on any atom is -0.497 e. The molecule has 0 aliphatic rings. The molecule has 0 aliphatic heterocycles. The van der Waals surface area contributed by atoms with Crippen molar-refractivity contribution in [3.05, 3.63) is 131 Å². The lowest BCUT2D eigenvalue weighted by molar-refractivity contribution is -0.143. The number of hydrogen-bond acceptors (Lipinski definition) is 4. The molecule has 4 aromatic carbocycles. The molecule has 0 aromatic heterocycles. The SMILES string of the molecule is COc1ccc(CN(C(=O)COc2ccccc2)[C@@H](C(=O)NCc2ccc(Cl)cc2)c2ccccc2)cc1. The van der Waals surface area contributed by atoms with Crippen LogP contribution in [0.2, 0.25) is 5.02 Å². The Kier molecular flexibility index (Phi) is 9.37. The van der Waals surface area contributed by atoms with Crippen LogP contribution in [-0.4, -0.2) is 30.4 Å². The molecule has 0 unspecified atom stereocenters. The van der Waals surface area contributed by atoms with E-state index in [-0.39, 0.29) is 25.0 Å². The first kappa shape index (κ1) is 26.8. The van der Waals surface area contributed by atoms with Crippen LogP contribution in [-0.2, 0) is 22.7 Å². The summed E-state index contributed by atoms with van der Waals surface area (Å²) in [5.41, 5.74) is 2.45. The van der Waals surface area contributed by atoms with E-state index in [2.05, 4.69) is 5.32 Å². The van der Waals surface area contributed by atoms with E-state index >= 15 is 0 Å². The zero-order valence-electron chi connectivity index (χ0n) is 21.0. The third-order valence-electron chi connectivity index (χ3n) is 5.99. The molecule has 0 saturated heterocycles. The fraction of sp³-hybridized carbons (Fsp3) is 0.161. The number of rotatable bonds is 11. The molecule has 2 amide bonds. The highest BCUT2D eigenvalue weighted by Crippen LogP contribution is 2.25. The predicted octanol–water partition coefficient (Wildman–Crippen LogP) is 5.81. The van der Waals surface area contributed by atoms with Gasteiger partial charge in [0, 0.05) is 18.1 Å². The number of hydrogen-bond donors (Lipinski definition) is 1. The Bertz CT molecular complexity index is 1310. The Morgan fingerprint density at radius 2 is 1.39 bits per heavy atom. The highest BCUT2D eigenvalue weighted by Gasteiger charge is 2.31. The average molecular weight is 529 g/mol. The van der Waals surface area contributed by atoms with Crippen molar-refractivity contribution >= 4 is 23.4 Å². The van der Waals surface area contributed by atoms with Crippen molar-refractivity contribution in [1.82, 2.24) is 10.2 Å². The van der Waals surface area contributed by atoms with Crippen molar-refractivity contribution in [2.24, 2.45) is 0 Å². The Labute approximate surface area is 227 Å². The zero-order valence-corrected chi connectivity index (χ0v) is 21.8. The molecule has 0 radical (unpaired) electrons. The van der Waals surface area contributed by atoms with Crippen molar-refractivity contribution in [3.8, 4) is 11.5 Å². The molecule has 4 aromatic rings. The van der Waals surface area contributed by atoms with Gasteiger partial charge in [-0.1, -0.05) is 84.4 Å². The smallest absolute Gasteiger partial charge is 0.261 e. The van der Waals surface area contributed by atoms with Gasteiger partial charge >= 0.3 is 0 Å². The van der Waals surface area contributed by atoms with Gasteiger partial charge in [0.05, 0.1) is 7.11 Å². The fourth-order valence-electron chi connectivity index (χ4n) is 3.99. The van der Waals surface area contributed by atoms with Gasteiger partial charge in [-0.05, 0) is 53.1 Å². The summed E-state index contributed by atoms with van der Waals surface area (Å²) >= 11 is 6.00. The van der Waals surface area contributed by atoms with Gasteiger partial charge in [0.2, 0.25) is 5.91 Å². The highest BCUT2D eigenvalue weighted by molar-refractivity contribution is 6.30. The van der Waals surface area contributed by atoms with Crippen molar-refractivity contribution < 1.29 is 19.1 Å². The number of carbonyl (C=O) groups is 2. The molecule has 7 heteroatoms. The summed E-state index contributed by atoms with van der Waals surface area (Å²) in [7, 11) is 1.60. The summed E-state index contributed by atoms with van der Waals surface area (Å²) < 4.78 is 11.0. The average Bonchev–Trinajstić information content (AvgIpc) is 2.96. The van der Waals surface area contributed by atoms with Crippen LogP contribution >= 0.6 is 11.6 Å². The van der Waals surface area contributed by atoms with Crippen molar-refractivity contribution in [1.29, 1.82) is 0 Å². The van der Waals surface area contributed by atoms with Crippen LogP contribution in [0.25, 0.3) is 0 Å². The van der Waals surface area contributed by atoms with E-state index < -0.39 is 6.04 Å². The maximum atomic E-state index is 13.7. The standard InChI is InChI=1S/C31H29ClN2O4/c1-37-27-18-14-24(15-19-27)21-34(29(35)22-38-28-10-6-3-7-11-28)30(25-8-4-2-5-9-25)31(36)33-20-23-12-16-26(32)17-13-23/h2-19,30H,20-22H2,1H3,(H,33,36)/t30-/m1/s1. The Balaban J connectivity index is 1.62. The second-order valence-electron chi connectivity index (χ2n) is 8.63. The largest absolute Gasteiger partial charge is 0.497 e. The van der Waals surface area contributed by atoms with E-state index in [0.717, 1.165) is 11.1 Å². The summed E-state index contributed by atoms with van der Waals surface area (Å²) in [5.74, 6) is 0.668. The molecule has 6 nitrogen and oxygen atoms in total. The molecular formula is C31H29ClN2O4. The van der Waals surface area contributed by atoms with E-state index in [4.69, 9.17) is 21.1 Å². The van der Waals surface area contributed by atoms with E-state index in [9.17, 15) is 9.59 Å². The normalized spacial score (nSPS) is 11.3. The van der Waals surface area contributed by atoms with Gasteiger partial charge in [-0.3, -0.25) is 9.59 Å². The molecule has 0 bridgehead atoms. The quantitative estimate of drug-likeness (QED) is 0.266. The highest BCUT2D eigenvalue weighted by atomic mass is 35.5. The van der Waals surface area contributed by atoms with Gasteiger partial charge in [-0.25, -0.2) is 0 Å². The van der Waals surface area contributed by atoms with Crippen LogP contribution in [0.15, 0.2) is 109 Å². The van der Waals surface area contributed by atoms with Crippen LogP contribution in [0, 0.1) is 0 Å². The third-order valence-corrected chi connectivity index (χ3v) is 6.25. The van der Waals surface area contributed by atoms with Crippen LogP contribution in [0.3, 0.4) is 0 Å². The number of nitrogens with zero attached hydrogens (tertiary/aromatic N) is 1. The summed E-state index contributed by atoms with van der Waals surface area (Å²) in [4.78, 5) is 28.9. The maximum Gasteiger partial charge on any atom is 0.261 e. The monoisotopic (exact) mass is 528 g/mol. The minimum absolute atomic E-state index is 0.203. The number of para-hydroxylation sites is 1. The number of amides is 2. The Morgan fingerprint density at radius 3 is 2.03 bits per heavy atom. The summed E-state index contributed by atoms with van der Waals surface area (Å²) in [5, 5.41) is 3.62. The predicted molar refractivity (Wildman–Crippen MR) is 148 cm³/mol. The Hall–Kier alpha value is -4.29. The van der Waals surface area contributed by atoms with E-state index in [1.165, 1.54) is 0 Å². The lowest BCUT2D eigenvalue weighted by Crippen LogP contribution is -2.45. The van der Waals surface area contributed by atoms with Crippen molar-refractivity contribution in [2.45, 2.75) is 19.1 Å². The number of ether oxygens (including phenoxy) is 2. The molecule has 0 spiro atoms. The third kappa shape index (κ3) is 7.37.